The molecular formula is C16H20N4S2. The number of pyridine rings is 2. The Bertz CT molecular complexity index is 599. The van der Waals surface area contributed by atoms with Gasteiger partial charge in [-0.3, -0.25) is 9.97 Å². The standard InChI is InChI=1S/2C8H10N2S/c2*1-2-7-5-6(8(9)11)3-4-10-7/h2*3-5H,2H2,1H3,(H2,9,11). The van der Waals surface area contributed by atoms with Gasteiger partial charge in [0.15, 0.2) is 0 Å². The normalized spacial score (nSPS) is 9.55. The number of hydrogen-bond donors (Lipinski definition) is 2. The van der Waals surface area contributed by atoms with Gasteiger partial charge in [0.25, 0.3) is 0 Å². The first-order valence-electron chi connectivity index (χ1n) is 6.97. The molecule has 2 aromatic heterocycles. The summed E-state index contributed by atoms with van der Waals surface area (Å²) in [6.45, 7) is 4.09. The highest BCUT2D eigenvalue weighted by Gasteiger charge is 1.97. The van der Waals surface area contributed by atoms with Crippen LogP contribution in [0.3, 0.4) is 0 Å². The van der Waals surface area contributed by atoms with Gasteiger partial charge < -0.3 is 11.5 Å². The quantitative estimate of drug-likeness (QED) is 0.838. The van der Waals surface area contributed by atoms with Crippen LogP contribution in [0.2, 0.25) is 0 Å². The molecule has 0 fully saturated rings. The summed E-state index contributed by atoms with van der Waals surface area (Å²) in [5.41, 5.74) is 14.7. The Kier molecular flexibility index (Phi) is 7.56. The van der Waals surface area contributed by atoms with Crippen molar-refractivity contribution in [2.45, 2.75) is 26.7 Å². The summed E-state index contributed by atoms with van der Waals surface area (Å²) in [5, 5.41) is 0. The van der Waals surface area contributed by atoms with Crippen LogP contribution in [0.15, 0.2) is 36.7 Å². The first-order chi connectivity index (χ1) is 10.5. The summed E-state index contributed by atoms with van der Waals surface area (Å²) < 4.78 is 0. The molecular weight excluding hydrogens is 312 g/mol. The van der Waals surface area contributed by atoms with Gasteiger partial charge in [-0.2, -0.15) is 0 Å². The Morgan fingerprint density at radius 3 is 1.50 bits per heavy atom. The lowest BCUT2D eigenvalue weighted by Gasteiger charge is -1.99. The van der Waals surface area contributed by atoms with E-state index in [9.17, 15) is 0 Å². The summed E-state index contributed by atoms with van der Waals surface area (Å²) in [7, 11) is 0. The maximum absolute atomic E-state index is 5.44. The van der Waals surface area contributed by atoms with Gasteiger partial charge in [-0.1, -0.05) is 38.3 Å². The van der Waals surface area contributed by atoms with E-state index in [1.165, 1.54) is 0 Å². The molecule has 0 aliphatic heterocycles. The first kappa shape index (κ1) is 18.1. The van der Waals surface area contributed by atoms with Crippen LogP contribution in [-0.2, 0) is 12.8 Å². The highest BCUT2D eigenvalue weighted by molar-refractivity contribution is 7.80. The van der Waals surface area contributed by atoms with Crippen LogP contribution in [0, 0.1) is 0 Å². The van der Waals surface area contributed by atoms with Gasteiger partial charge >= 0.3 is 0 Å². The zero-order chi connectivity index (χ0) is 16.5. The molecule has 0 unspecified atom stereocenters. The topological polar surface area (TPSA) is 77.8 Å². The molecule has 22 heavy (non-hydrogen) atoms. The zero-order valence-electron chi connectivity index (χ0n) is 12.7. The molecule has 6 heteroatoms. The minimum absolute atomic E-state index is 0.433. The second-order valence-corrected chi connectivity index (χ2v) is 5.39. The molecule has 0 saturated carbocycles. The monoisotopic (exact) mass is 332 g/mol. The molecule has 0 radical (unpaired) electrons. The molecule has 0 spiro atoms. The van der Waals surface area contributed by atoms with E-state index in [2.05, 4.69) is 9.97 Å². The molecule has 0 saturated heterocycles. The van der Waals surface area contributed by atoms with Crippen LogP contribution in [-0.4, -0.2) is 19.9 Å². The maximum Gasteiger partial charge on any atom is 0.104 e. The molecule has 2 rings (SSSR count). The van der Waals surface area contributed by atoms with E-state index >= 15 is 0 Å². The van der Waals surface area contributed by atoms with Gasteiger partial charge in [-0.05, 0) is 37.1 Å². The van der Waals surface area contributed by atoms with Crippen LogP contribution in [0.1, 0.15) is 36.4 Å². The average molecular weight is 332 g/mol. The van der Waals surface area contributed by atoms with E-state index in [4.69, 9.17) is 35.9 Å². The number of nitrogens with two attached hydrogens (primary N) is 2. The Labute approximate surface area is 142 Å². The number of aromatic nitrogens is 2. The summed E-state index contributed by atoms with van der Waals surface area (Å²) in [5.74, 6) is 0. The second kappa shape index (κ2) is 9.17. The summed E-state index contributed by atoms with van der Waals surface area (Å²) in [4.78, 5) is 9.12. The van der Waals surface area contributed by atoms with E-state index in [1.54, 1.807) is 12.4 Å². The molecule has 2 aromatic rings. The molecule has 0 atom stereocenters. The highest BCUT2D eigenvalue weighted by Crippen LogP contribution is 2.02. The lowest BCUT2D eigenvalue weighted by Crippen LogP contribution is -2.09. The summed E-state index contributed by atoms with van der Waals surface area (Å²) in [6, 6.07) is 7.48. The lowest BCUT2D eigenvalue weighted by molar-refractivity contribution is 1.03. The molecule has 0 aliphatic carbocycles. The van der Waals surface area contributed by atoms with Crippen molar-refractivity contribution in [1.82, 2.24) is 9.97 Å². The third-order valence-corrected chi connectivity index (χ3v) is 3.40. The van der Waals surface area contributed by atoms with Crippen molar-refractivity contribution in [1.29, 1.82) is 0 Å². The molecule has 0 aromatic carbocycles. The Morgan fingerprint density at radius 2 is 1.23 bits per heavy atom. The predicted octanol–water partition coefficient (Wildman–Crippen LogP) is 2.56. The Hall–Kier alpha value is -1.92. The second-order valence-electron chi connectivity index (χ2n) is 4.51. The fraction of sp³-hybridized carbons (Fsp3) is 0.250. The molecule has 0 bridgehead atoms. The van der Waals surface area contributed by atoms with Crippen LogP contribution in [0.4, 0.5) is 0 Å². The van der Waals surface area contributed by atoms with Crippen molar-refractivity contribution in [3.05, 3.63) is 59.2 Å². The number of rotatable bonds is 4. The van der Waals surface area contributed by atoms with Gasteiger partial charge in [-0.25, -0.2) is 0 Å². The van der Waals surface area contributed by atoms with Crippen LogP contribution in [0.5, 0.6) is 0 Å². The van der Waals surface area contributed by atoms with E-state index in [1.807, 2.05) is 38.1 Å². The molecule has 116 valence electrons. The molecule has 2 heterocycles. The van der Waals surface area contributed by atoms with Gasteiger partial charge in [0.2, 0.25) is 0 Å². The number of aryl methyl sites for hydroxylation is 2. The van der Waals surface area contributed by atoms with E-state index in [0.717, 1.165) is 35.4 Å². The van der Waals surface area contributed by atoms with Crippen molar-refractivity contribution in [2.24, 2.45) is 11.5 Å². The van der Waals surface area contributed by atoms with E-state index in [0.29, 0.717) is 9.98 Å². The minimum Gasteiger partial charge on any atom is -0.389 e. The molecule has 0 aliphatic rings. The zero-order valence-corrected chi connectivity index (χ0v) is 14.4. The third-order valence-electron chi connectivity index (χ3n) is 2.93. The first-order valence-corrected chi connectivity index (χ1v) is 7.79. The smallest absolute Gasteiger partial charge is 0.104 e. The fourth-order valence-corrected chi connectivity index (χ4v) is 1.90. The van der Waals surface area contributed by atoms with E-state index < -0.39 is 0 Å². The minimum atomic E-state index is 0.433. The van der Waals surface area contributed by atoms with Crippen molar-refractivity contribution < 1.29 is 0 Å². The predicted molar refractivity (Wildman–Crippen MR) is 99.0 cm³/mol. The van der Waals surface area contributed by atoms with Crippen molar-refractivity contribution in [3.63, 3.8) is 0 Å². The number of hydrogen-bond acceptors (Lipinski definition) is 4. The third kappa shape index (κ3) is 5.83. The lowest BCUT2D eigenvalue weighted by atomic mass is 10.2. The van der Waals surface area contributed by atoms with Crippen LogP contribution < -0.4 is 11.5 Å². The van der Waals surface area contributed by atoms with Crippen molar-refractivity contribution in [3.8, 4) is 0 Å². The van der Waals surface area contributed by atoms with Crippen molar-refractivity contribution >= 4 is 34.4 Å². The number of thiocarbonyl (C=S) groups is 2. The SMILES string of the molecule is CCc1cc(C(N)=S)ccn1.CCc1cc(C(N)=S)ccn1. The van der Waals surface area contributed by atoms with Gasteiger partial charge in [0.1, 0.15) is 9.98 Å². The van der Waals surface area contributed by atoms with Gasteiger partial charge in [-0.15, -0.1) is 0 Å². The highest BCUT2D eigenvalue weighted by atomic mass is 32.1. The average Bonchev–Trinajstić information content (AvgIpc) is 2.55. The Morgan fingerprint density at radius 1 is 0.864 bits per heavy atom. The Balaban J connectivity index is 0.000000220. The number of nitrogens with zero attached hydrogens (tertiary/aromatic N) is 2. The van der Waals surface area contributed by atoms with Crippen LogP contribution >= 0.6 is 24.4 Å². The molecule has 0 amide bonds. The molecule has 4 N–H and O–H groups in total. The summed E-state index contributed by atoms with van der Waals surface area (Å²) in [6.07, 6.45) is 5.29. The maximum atomic E-state index is 5.44. The summed E-state index contributed by atoms with van der Waals surface area (Å²) >= 11 is 9.64. The van der Waals surface area contributed by atoms with E-state index in [-0.39, 0.29) is 0 Å². The van der Waals surface area contributed by atoms with Gasteiger partial charge in [0, 0.05) is 34.9 Å². The fourth-order valence-electron chi connectivity index (χ4n) is 1.65. The van der Waals surface area contributed by atoms with Crippen LogP contribution in [0.25, 0.3) is 0 Å². The van der Waals surface area contributed by atoms with Gasteiger partial charge in [0.05, 0.1) is 0 Å². The molecule has 4 nitrogen and oxygen atoms in total. The van der Waals surface area contributed by atoms with Crippen molar-refractivity contribution in [2.75, 3.05) is 0 Å². The largest absolute Gasteiger partial charge is 0.389 e.